The van der Waals surface area contributed by atoms with E-state index in [0.717, 1.165) is 49.0 Å². The number of hydrogen-bond donors (Lipinski definition) is 0. The highest BCUT2D eigenvalue weighted by atomic mass is 79.9. The third-order valence-corrected chi connectivity index (χ3v) is 19.4. The largest absolute Gasteiger partial charge is 0.454 e. The molecule has 0 amide bonds. The molecular formula is C90H70BrCl3F3N15O10S. The predicted molar refractivity (Wildman–Crippen MR) is 458 cm³/mol. The maximum Gasteiger partial charge on any atom is 0.169 e. The van der Waals surface area contributed by atoms with E-state index < -0.39 is 17.5 Å². The van der Waals surface area contributed by atoms with E-state index in [4.69, 9.17) is 58.5 Å². The number of aryl methyl sites for hydroxylation is 6. The van der Waals surface area contributed by atoms with Crippen LogP contribution in [0.1, 0.15) is 120 Å². The molecule has 10 heterocycles. The minimum absolute atomic E-state index is 0.00390. The van der Waals surface area contributed by atoms with Crippen molar-refractivity contribution in [3.05, 3.63) is 371 Å². The Morgan fingerprint density at radius 2 is 0.683 bits per heavy atom. The quantitative estimate of drug-likeness (QED) is 0.0455. The van der Waals surface area contributed by atoms with Crippen molar-refractivity contribution in [2.24, 2.45) is 0 Å². The van der Waals surface area contributed by atoms with Gasteiger partial charge in [-0.15, -0.1) is 11.3 Å². The number of carbonyl (C=O) groups is 5. The topological polar surface area (TPSA) is 325 Å². The lowest BCUT2D eigenvalue weighted by Crippen LogP contribution is -2.08. The fourth-order valence-electron chi connectivity index (χ4n) is 11.0. The first-order valence-corrected chi connectivity index (χ1v) is 39.9. The number of hydrogen-bond acceptors (Lipinski definition) is 26. The Kier molecular flexibility index (Phi) is 32.6. The van der Waals surface area contributed by atoms with Crippen molar-refractivity contribution in [2.45, 2.75) is 80.1 Å². The number of ether oxygens (including phenoxy) is 5. The normalized spacial score (nSPS) is 10.5. The number of thiazole rings is 1. The van der Waals surface area contributed by atoms with Crippen molar-refractivity contribution in [3.8, 4) is 57.5 Å². The minimum atomic E-state index is -0.607. The number of nitrogens with zero attached hydrogens (tertiary/aromatic N) is 15. The smallest absolute Gasteiger partial charge is 0.169 e. The maximum atomic E-state index is 13.9. The van der Waals surface area contributed by atoms with Crippen LogP contribution in [-0.2, 0) is 38.5 Å². The number of ketones is 5. The Bertz CT molecular complexity index is 6020. The fourth-order valence-corrected chi connectivity index (χ4v) is 13.2. The van der Waals surface area contributed by atoms with Crippen molar-refractivity contribution in [1.82, 2.24) is 74.8 Å². The van der Waals surface area contributed by atoms with Crippen LogP contribution in [0.25, 0.3) is 0 Å². The van der Waals surface area contributed by atoms with Crippen LogP contribution in [0.2, 0.25) is 15.1 Å². The molecule has 15 aromatic rings. The number of halogens is 7. The molecule has 0 spiro atoms. The van der Waals surface area contributed by atoms with Gasteiger partial charge in [0.2, 0.25) is 0 Å². The van der Waals surface area contributed by atoms with Gasteiger partial charge in [-0.3, -0.25) is 43.9 Å². The van der Waals surface area contributed by atoms with E-state index in [1.807, 2.05) is 64.1 Å². The lowest BCUT2D eigenvalue weighted by Gasteiger charge is -2.08. The molecule has 10 aromatic heterocycles. The molecule has 0 radical (unpaired) electrons. The van der Waals surface area contributed by atoms with Crippen LogP contribution in [0.5, 0.6) is 57.5 Å². The number of rotatable bonds is 26. The molecule has 0 saturated heterocycles. The molecule has 0 atom stereocenters. The number of benzene rings is 5. The van der Waals surface area contributed by atoms with Crippen molar-refractivity contribution in [2.75, 3.05) is 0 Å². The molecule has 33 heteroatoms. The van der Waals surface area contributed by atoms with E-state index >= 15 is 0 Å². The second-order valence-electron chi connectivity index (χ2n) is 26.8. The molecule has 620 valence electrons. The monoisotopic (exact) mass is 1790 g/mol. The summed E-state index contributed by atoms with van der Waals surface area (Å²) >= 11 is 23.1. The van der Waals surface area contributed by atoms with Crippen LogP contribution in [0, 0.1) is 52.1 Å². The van der Waals surface area contributed by atoms with Gasteiger partial charge in [-0.25, -0.2) is 68.0 Å². The van der Waals surface area contributed by atoms with Gasteiger partial charge >= 0.3 is 0 Å². The van der Waals surface area contributed by atoms with Gasteiger partial charge in [0.25, 0.3) is 0 Å². The SMILES string of the molecule is CCc1nc(CC(=O)c2cc(F)cc(Oc3cncnc3)c2)ccc1F.Cc1ccc(CC(=O)c2cc(C)cc(Oc3cncnc3)c2)nc1.Cc1ccc(CC(=O)c2cc(Cl)cc(Oc3cncnc3)c2)nc1.Cc1cnc(CC(=O)c2cc(Cl)cc(Oc3cncnc3)c2)c(F)c1.Cc1nc(CC(=O)c2cc(Cl)cc(Oc3cncnc3)c2)sc1Br. The zero-order valence-electron chi connectivity index (χ0n) is 66.2. The summed E-state index contributed by atoms with van der Waals surface area (Å²) in [7, 11) is 0. The first kappa shape index (κ1) is 90.0. The lowest BCUT2D eigenvalue weighted by atomic mass is 10.0. The molecule has 123 heavy (non-hydrogen) atoms. The fraction of sp³-hybridized carbons (Fsp3) is 0.133. The van der Waals surface area contributed by atoms with Crippen molar-refractivity contribution in [1.29, 1.82) is 0 Å². The van der Waals surface area contributed by atoms with Gasteiger partial charge in [0.05, 0.1) is 115 Å². The lowest BCUT2D eigenvalue weighted by molar-refractivity contribution is 0.0982. The van der Waals surface area contributed by atoms with Crippen molar-refractivity contribution >= 4 is 91.0 Å². The van der Waals surface area contributed by atoms with Crippen LogP contribution >= 0.6 is 62.1 Å². The van der Waals surface area contributed by atoms with Crippen LogP contribution in [0.3, 0.4) is 0 Å². The number of Topliss-reactive ketones (excluding diaryl/α,β-unsaturated/α-hetero) is 5. The van der Waals surface area contributed by atoms with Crippen molar-refractivity contribution in [3.63, 3.8) is 0 Å². The second kappa shape index (κ2) is 44.5. The molecule has 0 fully saturated rings. The zero-order valence-corrected chi connectivity index (χ0v) is 70.9. The molecule has 0 saturated carbocycles. The average Bonchev–Trinajstić information content (AvgIpc) is 1.83. The Hall–Kier alpha value is -13.8. The Labute approximate surface area is 730 Å². The second-order valence-corrected chi connectivity index (χ2v) is 30.5. The highest BCUT2D eigenvalue weighted by Crippen LogP contribution is 2.33. The predicted octanol–water partition coefficient (Wildman–Crippen LogP) is 20.8. The first-order chi connectivity index (χ1) is 59.3. The highest BCUT2D eigenvalue weighted by Gasteiger charge is 2.20. The Morgan fingerprint density at radius 1 is 0.333 bits per heavy atom. The molecule has 0 aliphatic rings. The molecule has 0 aliphatic heterocycles. The van der Waals surface area contributed by atoms with Crippen LogP contribution < -0.4 is 23.7 Å². The highest BCUT2D eigenvalue weighted by molar-refractivity contribution is 9.11. The van der Waals surface area contributed by atoms with Crippen LogP contribution in [0.15, 0.2) is 249 Å². The molecule has 0 N–H and O–H groups in total. The molecular weight excluding hydrogens is 1730 g/mol. The average molecular weight is 1800 g/mol. The summed E-state index contributed by atoms with van der Waals surface area (Å²) < 4.78 is 70.3. The summed E-state index contributed by atoms with van der Waals surface area (Å²) in [4.78, 5) is 122. The molecule has 15 rings (SSSR count). The molecule has 25 nitrogen and oxygen atoms in total. The van der Waals surface area contributed by atoms with E-state index in [9.17, 15) is 37.1 Å². The summed E-state index contributed by atoms with van der Waals surface area (Å²) in [5.41, 5.74) is 8.91. The van der Waals surface area contributed by atoms with E-state index in [1.54, 1.807) is 87.2 Å². The Morgan fingerprint density at radius 3 is 1.06 bits per heavy atom. The van der Waals surface area contributed by atoms with E-state index in [0.29, 0.717) is 118 Å². The van der Waals surface area contributed by atoms with Gasteiger partial charge in [0.15, 0.2) is 57.7 Å². The molecule has 5 aromatic carbocycles. The molecule has 0 aliphatic carbocycles. The minimum Gasteiger partial charge on any atom is -0.454 e. The Balaban J connectivity index is 0.000000150. The van der Waals surface area contributed by atoms with E-state index in [-0.39, 0.29) is 78.0 Å². The molecule has 0 bridgehead atoms. The third-order valence-electron chi connectivity index (χ3n) is 16.8. The van der Waals surface area contributed by atoms with Crippen LogP contribution in [-0.4, -0.2) is 104 Å². The summed E-state index contributed by atoms with van der Waals surface area (Å²) in [6.45, 7) is 11.2. The standard InChI is InChI=1S/C19H15F2N3O2.C19H17N3O2.C18H13ClFN3O2.C18H14ClN3O2.C16H11BrClN3O2S/c1-2-18-17(21)4-3-14(24-18)8-19(25)12-5-13(20)7-15(6-12)26-16-9-22-11-23-10-16;1-13-3-4-16(22-9-13)8-19(23)15-5-14(2)6-17(7-15)24-18-10-20-12-21-11-18;1-11-2-16(20)17(23-7-11)6-18(24)12-3-13(19)5-14(4-12)25-15-8-21-10-22-9-15;1-12-2-3-15(22-8-12)7-18(23)13-4-14(19)6-16(5-13)24-17-9-20-11-21-10-17;1-9-16(17)24-15(21-9)5-14(22)10-2-11(18)4-12(3-10)23-13-6-19-8-20-7-13/h3-7,9-11H,2,8H2,1H3;3-7,9-12H,8H2,1-2H3;2-5,7-10H,6H2,1H3;2-6,8-11H,7H2,1H3;2-4,6-8H,5H2,1H3. The van der Waals surface area contributed by atoms with Crippen LogP contribution in [0.4, 0.5) is 13.2 Å². The number of pyridine rings is 4. The maximum absolute atomic E-state index is 13.9. The van der Waals surface area contributed by atoms with Gasteiger partial charge in [-0.1, -0.05) is 53.9 Å². The summed E-state index contributed by atoms with van der Waals surface area (Å²) in [6, 6.07) is 35.3. The first-order valence-electron chi connectivity index (χ1n) is 37.1. The van der Waals surface area contributed by atoms with Crippen molar-refractivity contribution < 1.29 is 60.8 Å². The van der Waals surface area contributed by atoms with Gasteiger partial charge in [0, 0.05) is 84.6 Å². The van der Waals surface area contributed by atoms with Gasteiger partial charge in [-0.05, 0) is 194 Å². The zero-order chi connectivity index (χ0) is 87.3. The third kappa shape index (κ3) is 28.7. The summed E-state index contributed by atoms with van der Waals surface area (Å²) in [5.74, 6) is 1.89. The summed E-state index contributed by atoms with van der Waals surface area (Å²) in [6.07, 6.45) is 28.0. The number of aromatic nitrogens is 15. The number of carbonyl (C=O) groups excluding carboxylic acids is 5. The van der Waals surface area contributed by atoms with E-state index in [1.165, 1.54) is 135 Å². The molecule has 0 unspecified atom stereocenters. The van der Waals surface area contributed by atoms with Gasteiger partial charge < -0.3 is 23.7 Å². The summed E-state index contributed by atoms with van der Waals surface area (Å²) in [5, 5.41) is 1.92. The van der Waals surface area contributed by atoms with Gasteiger partial charge in [0.1, 0.15) is 82.8 Å². The van der Waals surface area contributed by atoms with Gasteiger partial charge in [-0.2, -0.15) is 0 Å². The van der Waals surface area contributed by atoms with E-state index in [2.05, 4.69) is 90.7 Å².